The normalized spacial score (nSPS) is 9.57. The third-order valence-electron chi connectivity index (χ3n) is 2.00. The molecule has 2 heteroatoms. The van der Waals surface area contributed by atoms with Crippen molar-refractivity contribution in [3.8, 4) is 11.8 Å². The van der Waals surface area contributed by atoms with E-state index in [1.165, 1.54) is 25.7 Å². The molecule has 0 saturated heterocycles. The molecular weight excluding hydrogens is 215 g/mol. The minimum absolute atomic E-state index is 0.784. The average Bonchev–Trinajstić information content (AvgIpc) is 2.21. The summed E-state index contributed by atoms with van der Waals surface area (Å²) in [5.74, 6) is 7.96. The predicted molar refractivity (Wildman–Crippen MR) is 66.2 cm³/mol. The first kappa shape index (κ1) is 14.1. The third kappa shape index (κ3) is 12.1. The lowest BCUT2D eigenvalue weighted by Crippen LogP contribution is -1.78. The van der Waals surface area contributed by atoms with E-state index >= 15 is 0 Å². The van der Waals surface area contributed by atoms with Crippen molar-refractivity contribution in [3.05, 3.63) is 0 Å². The van der Waals surface area contributed by atoms with E-state index in [1.54, 1.807) is 0 Å². The van der Waals surface area contributed by atoms with Gasteiger partial charge in [0.15, 0.2) is 0 Å². The van der Waals surface area contributed by atoms with Gasteiger partial charge in [-0.05, 0) is 25.7 Å². The summed E-state index contributed by atoms with van der Waals surface area (Å²) in [7, 11) is 0. The molecule has 0 spiro atoms. The lowest BCUT2D eigenvalue weighted by atomic mass is 10.2. The van der Waals surface area contributed by atoms with Crippen LogP contribution in [-0.4, -0.2) is 11.8 Å². The first-order valence-electron chi connectivity index (χ1n) is 5.49. The van der Waals surface area contributed by atoms with Crippen molar-refractivity contribution in [2.75, 3.05) is 11.8 Å². The standard InChI is InChI=1S/C12H20Cl2/c13-11-9-7-5-3-1-2-4-6-8-10-12-14/h3-12H2. The molecule has 0 aliphatic rings. The average molecular weight is 235 g/mol. The highest BCUT2D eigenvalue weighted by atomic mass is 35.5. The van der Waals surface area contributed by atoms with Crippen LogP contribution in [0.3, 0.4) is 0 Å². The van der Waals surface area contributed by atoms with E-state index in [-0.39, 0.29) is 0 Å². The fourth-order valence-electron chi connectivity index (χ4n) is 1.15. The molecule has 0 atom stereocenters. The number of unbranched alkanes of at least 4 members (excludes halogenated alkanes) is 6. The summed E-state index contributed by atoms with van der Waals surface area (Å²) in [6, 6.07) is 0. The SMILES string of the molecule is ClCCCCCC#CCCCCCCl. The van der Waals surface area contributed by atoms with Gasteiger partial charge >= 0.3 is 0 Å². The number of rotatable bonds is 8. The van der Waals surface area contributed by atoms with Crippen molar-refractivity contribution < 1.29 is 0 Å². The summed E-state index contributed by atoms with van der Waals surface area (Å²) in [6.45, 7) is 0. The highest BCUT2D eigenvalue weighted by molar-refractivity contribution is 6.18. The lowest BCUT2D eigenvalue weighted by Gasteiger charge is -1.92. The van der Waals surface area contributed by atoms with Crippen LogP contribution in [0.25, 0.3) is 0 Å². The molecule has 0 radical (unpaired) electrons. The van der Waals surface area contributed by atoms with Crippen molar-refractivity contribution in [2.24, 2.45) is 0 Å². The van der Waals surface area contributed by atoms with Crippen LogP contribution < -0.4 is 0 Å². The topological polar surface area (TPSA) is 0 Å². The fraction of sp³-hybridized carbons (Fsp3) is 0.833. The molecule has 0 heterocycles. The Kier molecular flexibility index (Phi) is 13.3. The molecule has 14 heavy (non-hydrogen) atoms. The van der Waals surface area contributed by atoms with Crippen LogP contribution in [0.5, 0.6) is 0 Å². The van der Waals surface area contributed by atoms with E-state index in [4.69, 9.17) is 23.2 Å². The number of hydrogen-bond acceptors (Lipinski definition) is 0. The molecule has 0 aliphatic heterocycles. The van der Waals surface area contributed by atoms with Crippen LogP contribution in [0.4, 0.5) is 0 Å². The number of alkyl halides is 2. The smallest absolute Gasteiger partial charge is 0.0223 e. The van der Waals surface area contributed by atoms with Crippen LogP contribution >= 0.6 is 23.2 Å². The Labute approximate surface area is 98.4 Å². The second-order valence-electron chi connectivity index (χ2n) is 3.35. The van der Waals surface area contributed by atoms with Gasteiger partial charge in [-0.15, -0.1) is 35.0 Å². The Morgan fingerprint density at radius 3 is 1.36 bits per heavy atom. The summed E-state index contributed by atoms with van der Waals surface area (Å²) in [5.41, 5.74) is 0. The highest BCUT2D eigenvalue weighted by Crippen LogP contribution is 2.01. The Bertz CT molecular complexity index is 139. The first-order valence-corrected chi connectivity index (χ1v) is 6.56. The van der Waals surface area contributed by atoms with Gasteiger partial charge in [-0.3, -0.25) is 0 Å². The summed E-state index contributed by atoms with van der Waals surface area (Å²) in [4.78, 5) is 0. The van der Waals surface area contributed by atoms with E-state index in [2.05, 4.69) is 11.8 Å². The molecule has 0 aromatic carbocycles. The first-order chi connectivity index (χ1) is 6.91. The molecule has 0 amide bonds. The van der Waals surface area contributed by atoms with E-state index in [0.29, 0.717) is 0 Å². The molecule has 0 unspecified atom stereocenters. The van der Waals surface area contributed by atoms with Gasteiger partial charge in [-0.25, -0.2) is 0 Å². The summed E-state index contributed by atoms with van der Waals surface area (Å²) < 4.78 is 0. The van der Waals surface area contributed by atoms with Crippen molar-refractivity contribution in [1.29, 1.82) is 0 Å². The largest absolute Gasteiger partial charge is 0.127 e. The fourth-order valence-corrected chi connectivity index (χ4v) is 1.52. The monoisotopic (exact) mass is 234 g/mol. The Morgan fingerprint density at radius 2 is 1.00 bits per heavy atom. The van der Waals surface area contributed by atoms with Gasteiger partial charge in [0.2, 0.25) is 0 Å². The molecule has 0 rings (SSSR count). The molecule has 0 aromatic heterocycles. The maximum atomic E-state index is 5.57. The zero-order valence-corrected chi connectivity index (χ0v) is 10.3. The lowest BCUT2D eigenvalue weighted by molar-refractivity contribution is 0.733. The zero-order valence-electron chi connectivity index (χ0n) is 8.83. The van der Waals surface area contributed by atoms with Gasteiger partial charge in [0, 0.05) is 24.6 Å². The molecule has 0 aliphatic carbocycles. The van der Waals surface area contributed by atoms with Gasteiger partial charge in [0.25, 0.3) is 0 Å². The van der Waals surface area contributed by atoms with Gasteiger partial charge in [-0.2, -0.15) is 0 Å². The van der Waals surface area contributed by atoms with E-state index < -0.39 is 0 Å². The third-order valence-corrected chi connectivity index (χ3v) is 2.53. The number of halogens is 2. The second kappa shape index (κ2) is 13.1. The van der Waals surface area contributed by atoms with Gasteiger partial charge in [0.05, 0.1) is 0 Å². The minimum Gasteiger partial charge on any atom is -0.127 e. The van der Waals surface area contributed by atoms with Crippen molar-refractivity contribution in [3.63, 3.8) is 0 Å². The Morgan fingerprint density at radius 1 is 0.571 bits per heavy atom. The molecule has 82 valence electrons. The maximum Gasteiger partial charge on any atom is 0.0223 e. The molecular formula is C12H20Cl2. The molecule has 0 aromatic rings. The van der Waals surface area contributed by atoms with Crippen LogP contribution in [-0.2, 0) is 0 Å². The van der Waals surface area contributed by atoms with Crippen molar-refractivity contribution in [2.45, 2.75) is 51.4 Å². The van der Waals surface area contributed by atoms with Gasteiger partial charge in [0.1, 0.15) is 0 Å². The Hall–Kier alpha value is 0.140. The van der Waals surface area contributed by atoms with Crippen LogP contribution in [0, 0.1) is 11.8 Å². The second-order valence-corrected chi connectivity index (χ2v) is 4.11. The minimum atomic E-state index is 0.784. The zero-order chi connectivity index (χ0) is 10.5. The number of hydrogen-bond donors (Lipinski definition) is 0. The maximum absolute atomic E-state index is 5.57. The predicted octanol–water partition coefficient (Wildman–Crippen LogP) is 4.59. The van der Waals surface area contributed by atoms with Crippen LogP contribution in [0.2, 0.25) is 0 Å². The van der Waals surface area contributed by atoms with Crippen LogP contribution in [0.15, 0.2) is 0 Å². The molecule has 0 bridgehead atoms. The quantitative estimate of drug-likeness (QED) is 0.328. The van der Waals surface area contributed by atoms with E-state index in [1.807, 2.05) is 0 Å². The molecule has 0 fully saturated rings. The van der Waals surface area contributed by atoms with Crippen molar-refractivity contribution in [1.82, 2.24) is 0 Å². The summed E-state index contributed by atoms with van der Waals surface area (Å²) in [5, 5.41) is 0. The highest BCUT2D eigenvalue weighted by Gasteiger charge is 1.86. The van der Waals surface area contributed by atoms with Gasteiger partial charge in [-0.1, -0.05) is 12.8 Å². The van der Waals surface area contributed by atoms with Crippen molar-refractivity contribution >= 4 is 23.2 Å². The summed E-state index contributed by atoms with van der Waals surface area (Å²) in [6.07, 6.45) is 9.13. The Balaban J connectivity index is 3.03. The molecule has 0 nitrogen and oxygen atoms in total. The molecule has 0 N–H and O–H groups in total. The van der Waals surface area contributed by atoms with Gasteiger partial charge < -0.3 is 0 Å². The summed E-state index contributed by atoms with van der Waals surface area (Å²) >= 11 is 11.1. The molecule has 0 saturated carbocycles. The van der Waals surface area contributed by atoms with E-state index in [9.17, 15) is 0 Å². The van der Waals surface area contributed by atoms with E-state index in [0.717, 1.165) is 37.4 Å². The van der Waals surface area contributed by atoms with Crippen LogP contribution in [0.1, 0.15) is 51.4 Å².